The lowest BCUT2D eigenvalue weighted by atomic mass is 9.97. The largest absolute Gasteiger partial charge is 0.315 e. The van der Waals surface area contributed by atoms with Gasteiger partial charge in [-0.15, -0.1) is 0 Å². The zero-order valence-electron chi connectivity index (χ0n) is 8.76. The number of piperidine rings is 1. The zero-order valence-corrected chi connectivity index (χ0v) is 8.76. The van der Waals surface area contributed by atoms with Gasteiger partial charge in [-0.1, -0.05) is 13.3 Å². The van der Waals surface area contributed by atoms with Gasteiger partial charge in [-0.05, 0) is 38.8 Å². The summed E-state index contributed by atoms with van der Waals surface area (Å²) in [4.78, 5) is 2.77. The van der Waals surface area contributed by atoms with E-state index in [-0.39, 0.29) is 0 Å². The van der Waals surface area contributed by atoms with E-state index in [0.29, 0.717) is 0 Å². The minimum atomic E-state index is 0.852. The second-order valence-electron chi connectivity index (χ2n) is 4.44. The molecular formula is C11H22N2. The summed E-state index contributed by atoms with van der Waals surface area (Å²) in [5.74, 6) is 0. The summed E-state index contributed by atoms with van der Waals surface area (Å²) in [6.07, 6.45) is 7.03. The highest BCUT2D eigenvalue weighted by molar-refractivity contribution is 4.86. The Hall–Kier alpha value is -0.0800. The summed E-state index contributed by atoms with van der Waals surface area (Å²) in [5.41, 5.74) is 0. The highest BCUT2D eigenvalue weighted by Gasteiger charge is 2.29. The zero-order chi connectivity index (χ0) is 9.10. The third kappa shape index (κ3) is 2.05. The van der Waals surface area contributed by atoms with Gasteiger partial charge in [-0.2, -0.15) is 0 Å². The first-order valence-corrected chi connectivity index (χ1v) is 5.88. The molecule has 13 heavy (non-hydrogen) atoms. The Morgan fingerprint density at radius 3 is 2.92 bits per heavy atom. The van der Waals surface area contributed by atoms with Crippen LogP contribution in [0.15, 0.2) is 0 Å². The molecule has 0 aromatic carbocycles. The highest BCUT2D eigenvalue weighted by atomic mass is 15.2. The van der Waals surface area contributed by atoms with Crippen LogP contribution in [0.25, 0.3) is 0 Å². The molecule has 0 radical (unpaired) electrons. The number of rotatable bonds is 2. The third-order valence-corrected chi connectivity index (χ3v) is 3.65. The molecule has 2 atom stereocenters. The normalized spacial score (nSPS) is 36.7. The first-order chi connectivity index (χ1) is 6.42. The van der Waals surface area contributed by atoms with Crippen LogP contribution in [-0.4, -0.2) is 36.6 Å². The van der Waals surface area contributed by atoms with Crippen LogP contribution in [0.3, 0.4) is 0 Å². The molecule has 1 N–H and O–H groups in total. The topological polar surface area (TPSA) is 15.3 Å². The molecule has 2 heterocycles. The van der Waals surface area contributed by atoms with E-state index in [1.165, 1.54) is 51.7 Å². The van der Waals surface area contributed by atoms with E-state index < -0.39 is 0 Å². The van der Waals surface area contributed by atoms with Gasteiger partial charge in [0.25, 0.3) is 0 Å². The van der Waals surface area contributed by atoms with Crippen molar-refractivity contribution in [2.24, 2.45) is 0 Å². The summed E-state index contributed by atoms with van der Waals surface area (Å²) in [6, 6.07) is 1.74. The molecule has 2 nitrogen and oxygen atoms in total. The van der Waals surface area contributed by atoms with Crippen molar-refractivity contribution in [3.05, 3.63) is 0 Å². The van der Waals surface area contributed by atoms with Crippen molar-refractivity contribution in [2.45, 2.75) is 51.1 Å². The Balaban J connectivity index is 1.93. The maximum atomic E-state index is 3.47. The van der Waals surface area contributed by atoms with Crippen LogP contribution in [0.2, 0.25) is 0 Å². The van der Waals surface area contributed by atoms with Crippen molar-refractivity contribution in [1.29, 1.82) is 0 Å². The summed E-state index contributed by atoms with van der Waals surface area (Å²) in [6.45, 7) is 6.16. The first kappa shape index (κ1) is 9.47. The Morgan fingerprint density at radius 1 is 1.31 bits per heavy atom. The maximum Gasteiger partial charge on any atom is 0.0235 e. The quantitative estimate of drug-likeness (QED) is 0.698. The summed E-state index contributed by atoms with van der Waals surface area (Å²) < 4.78 is 0. The van der Waals surface area contributed by atoms with Gasteiger partial charge in [0.1, 0.15) is 0 Å². The smallest absolute Gasteiger partial charge is 0.0235 e. The van der Waals surface area contributed by atoms with E-state index in [4.69, 9.17) is 0 Å². The Morgan fingerprint density at radius 2 is 2.23 bits per heavy atom. The van der Waals surface area contributed by atoms with Gasteiger partial charge in [-0.25, -0.2) is 0 Å². The van der Waals surface area contributed by atoms with Gasteiger partial charge in [0.05, 0.1) is 0 Å². The van der Waals surface area contributed by atoms with Gasteiger partial charge in [0.15, 0.2) is 0 Å². The SMILES string of the molecule is CCC1CCCCN1C1CCNC1. The lowest BCUT2D eigenvalue weighted by Crippen LogP contribution is -2.46. The fraction of sp³-hybridized carbons (Fsp3) is 1.00. The predicted octanol–water partition coefficient (Wildman–Crippen LogP) is 1.61. The van der Waals surface area contributed by atoms with Crippen molar-refractivity contribution in [1.82, 2.24) is 10.2 Å². The summed E-state index contributed by atoms with van der Waals surface area (Å²) in [7, 11) is 0. The third-order valence-electron chi connectivity index (χ3n) is 3.65. The predicted molar refractivity (Wildman–Crippen MR) is 55.9 cm³/mol. The first-order valence-electron chi connectivity index (χ1n) is 5.88. The second kappa shape index (κ2) is 4.43. The van der Waals surface area contributed by atoms with E-state index in [9.17, 15) is 0 Å². The minimum Gasteiger partial charge on any atom is -0.315 e. The van der Waals surface area contributed by atoms with Crippen molar-refractivity contribution in [3.8, 4) is 0 Å². The highest BCUT2D eigenvalue weighted by Crippen LogP contribution is 2.23. The van der Waals surface area contributed by atoms with Gasteiger partial charge < -0.3 is 5.32 Å². The molecule has 2 aliphatic rings. The van der Waals surface area contributed by atoms with Crippen LogP contribution in [0, 0.1) is 0 Å². The van der Waals surface area contributed by atoms with Crippen molar-refractivity contribution in [3.63, 3.8) is 0 Å². The molecule has 2 heteroatoms. The molecule has 2 saturated heterocycles. The molecule has 0 aliphatic carbocycles. The van der Waals surface area contributed by atoms with Crippen molar-refractivity contribution in [2.75, 3.05) is 19.6 Å². The molecule has 2 aliphatic heterocycles. The lowest BCUT2D eigenvalue weighted by Gasteiger charge is -2.39. The molecule has 76 valence electrons. The molecule has 2 fully saturated rings. The van der Waals surface area contributed by atoms with Gasteiger partial charge in [-0.3, -0.25) is 4.90 Å². The fourth-order valence-corrected chi connectivity index (χ4v) is 2.86. The van der Waals surface area contributed by atoms with E-state index >= 15 is 0 Å². The van der Waals surface area contributed by atoms with Crippen LogP contribution >= 0.6 is 0 Å². The van der Waals surface area contributed by atoms with E-state index in [2.05, 4.69) is 17.1 Å². The number of nitrogens with zero attached hydrogens (tertiary/aromatic N) is 1. The Bertz CT molecular complexity index is 150. The van der Waals surface area contributed by atoms with Crippen LogP contribution in [-0.2, 0) is 0 Å². The monoisotopic (exact) mass is 182 g/mol. The molecule has 0 amide bonds. The van der Waals surface area contributed by atoms with Crippen LogP contribution in [0.5, 0.6) is 0 Å². The average molecular weight is 182 g/mol. The van der Waals surface area contributed by atoms with E-state index in [1.54, 1.807) is 0 Å². The van der Waals surface area contributed by atoms with Crippen molar-refractivity contribution >= 4 is 0 Å². The number of nitrogens with one attached hydrogen (secondary N) is 1. The Labute approximate surface area is 81.7 Å². The average Bonchev–Trinajstić information content (AvgIpc) is 2.70. The summed E-state index contributed by atoms with van der Waals surface area (Å²) >= 11 is 0. The molecule has 2 rings (SSSR count). The van der Waals surface area contributed by atoms with Crippen molar-refractivity contribution < 1.29 is 0 Å². The second-order valence-corrected chi connectivity index (χ2v) is 4.44. The Kier molecular flexibility index (Phi) is 3.23. The molecule has 0 spiro atoms. The lowest BCUT2D eigenvalue weighted by molar-refractivity contribution is 0.100. The minimum absolute atomic E-state index is 0.852. The molecule has 0 aromatic heterocycles. The number of likely N-dealkylation sites (tertiary alicyclic amines) is 1. The number of hydrogen-bond donors (Lipinski definition) is 1. The molecule has 0 bridgehead atoms. The van der Waals surface area contributed by atoms with Gasteiger partial charge >= 0.3 is 0 Å². The maximum absolute atomic E-state index is 3.47. The summed E-state index contributed by atoms with van der Waals surface area (Å²) in [5, 5.41) is 3.47. The standard InChI is InChI=1S/C11H22N2/c1-2-10-5-3-4-8-13(10)11-6-7-12-9-11/h10-12H,2-9H2,1H3. The van der Waals surface area contributed by atoms with Crippen LogP contribution in [0.4, 0.5) is 0 Å². The molecular weight excluding hydrogens is 160 g/mol. The van der Waals surface area contributed by atoms with Gasteiger partial charge in [0, 0.05) is 18.6 Å². The van der Waals surface area contributed by atoms with E-state index in [0.717, 1.165) is 12.1 Å². The fourth-order valence-electron chi connectivity index (χ4n) is 2.86. The molecule has 2 unspecified atom stereocenters. The van der Waals surface area contributed by atoms with E-state index in [1.807, 2.05) is 0 Å². The van der Waals surface area contributed by atoms with Crippen LogP contribution in [0.1, 0.15) is 39.0 Å². The van der Waals surface area contributed by atoms with Gasteiger partial charge in [0.2, 0.25) is 0 Å². The number of hydrogen-bond acceptors (Lipinski definition) is 2. The molecule has 0 saturated carbocycles. The molecule has 0 aromatic rings. The van der Waals surface area contributed by atoms with Crippen LogP contribution < -0.4 is 5.32 Å².